The largest absolute Gasteiger partial charge is 0.444 e. The number of hydrogen-bond donors (Lipinski definition) is 2. The molecular weight excluding hydrogens is 232 g/mol. The molecule has 0 aromatic rings. The second-order valence-electron chi connectivity index (χ2n) is 6.13. The Hall–Kier alpha value is -0.810. The van der Waals surface area contributed by atoms with E-state index >= 15 is 0 Å². The molecule has 5 heteroatoms. The van der Waals surface area contributed by atoms with E-state index in [9.17, 15) is 4.79 Å². The van der Waals surface area contributed by atoms with E-state index in [0.29, 0.717) is 18.5 Å². The highest BCUT2D eigenvalue weighted by Gasteiger charge is 2.24. The van der Waals surface area contributed by atoms with Gasteiger partial charge in [-0.15, -0.1) is 0 Å². The predicted octanol–water partition coefficient (Wildman–Crippen LogP) is 1.52. The van der Waals surface area contributed by atoms with E-state index in [4.69, 9.17) is 9.47 Å². The molecule has 106 valence electrons. The molecule has 18 heavy (non-hydrogen) atoms. The van der Waals surface area contributed by atoms with Crippen LogP contribution >= 0.6 is 0 Å². The van der Waals surface area contributed by atoms with Gasteiger partial charge >= 0.3 is 6.09 Å². The summed E-state index contributed by atoms with van der Waals surface area (Å²) in [6.45, 7) is 11.9. The van der Waals surface area contributed by atoms with E-state index in [1.807, 2.05) is 20.8 Å². The summed E-state index contributed by atoms with van der Waals surface area (Å²) >= 11 is 0. The number of ether oxygens (including phenoxy) is 2. The predicted molar refractivity (Wildman–Crippen MR) is 70.6 cm³/mol. The molecule has 1 aliphatic heterocycles. The summed E-state index contributed by atoms with van der Waals surface area (Å²) in [4.78, 5) is 11.6. The Balaban J connectivity index is 2.30. The van der Waals surface area contributed by atoms with Gasteiger partial charge in [0.15, 0.2) is 0 Å². The highest BCUT2D eigenvalue weighted by molar-refractivity contribution is 5.67. The molecule has 0 aliphatic carbocycles. The zero-order valence-electron chi connectivity index (χ0n) is 12.1. The average molecular weight is 258 g/mol. The molecule has 1 saturated heterocycles. The van der Waals surface area contributed by atoms with Crippen molar-refractivity contribution in [3.05, 3.63) is 0 Å². The zero-order valence-corrected chi connectivity index (χ0v) is 12.1. The Kier molecular flexibility index (Phi) is 5.41. The second kappa shape index (κ2) is 6.38. The fourth-order valence-electron chi connectivity index (χ4n) is 1.63. The van der Waals surface area contributed by atoms with E-state index in [1.54, 1.807) is 0 Å². The van der Waals surface area contributed by atoms with Crippen LogP contribution in [-0.4, -0.2) is 43.5 Å². The van der Waals surface area contributed by atoms with Gasteiger partial charge in [0.25, 0.3) is 0 Å². The minimum atomic E-state index is -0.452. The first kappa shape index (κ1) is 15.2. The van der Waals surface area contributed by atoms with Crippen LogP contribution in [0.4, 0.5) is 4.79 Å². The van der Waals surface area contributed by atoms with E-state index in [2.05, 4.69) is 24.5 Å². The van der Waals surface area contributed by atoms with Crippen molar-refractivity contribution in [1.29, 1.82) is 0 Å². The number of hydrogen-bond acceptors (Lipinski definition) is 4. The van der Waals surface area contributed by atoms with Crippen molar-refractivity contribution in [1.82, 2.24) is 10.6 Å². The van der Waals surface area contributed by atoms with Crippen molar-refractivity contribution in [2.45, 2.75) is 52.3 Å². The molecule has 1 rings (SSSR count). The molecule has 1 amide bonds. The maximum atomic E-state index is 11.6. The summed E-state index contributed by atoms with van der Waals surface area (Å²) < 4.78 is 10.3. The van der Waals surface area contributed by atoms with E-state index < -0.39 is 5.60 Å². The highest BCUT2D eigenvalue weighted by atomic mass is 16.6. The van der Waals surface area contributed by atoms with Gasteiger partial charge < -0.3 is 20.1 Å². The Bertz CT molecular complexity index is 270. The van der Waals surface area contributed by atoms with Gasteiger partial charge in [0.05, 0.1) is 19.3 Å². The van der Waals surface area contributed by atoms with Crippen molar-refractivity contribution in [3.63, 3.8) is 0 Å². The Labute approximate surface area is 110 Å². The maximum Gasteiger partial charge on any atom is 0.407 e. The Morgan fingerprint density at radius 2 is 2.00 bits per heavy atom. The summed E-state index contributed by atoms with van der Waals surface area (Å²) in [5, 5.41) is 6.29. The lowest BCUT2D eigenvalue weighted by atomic mass is 10.0. The van der Waals surface area contributed by atoms with E-state index in [1.165, 1.54) is 0 Å². The molecule has 0 aromatic carbocycles. The van der Waals surface area contributed by atoms with Crippen molar-refractivity contribution in [3.8, 4) is 0 Å². The molecule has 0 aromatic heterocycles. The van der Waals surface area contributed by atoms with E-state index in [0.717, 1.165) is 13.2 Å². The van der Waals surface area contributed by atoms with Gasteiger partial charge in [0.1, 0.15) is 5.60 Å². The number of carbonyl (C=O) groups excluding carboxylic acids is 1. The third kappa shape index (κ3) is 5.69. The van der Waals surface area contributed by atoms with Crippen molar-refractivity contribution in [2.24, 2.45) is 5.92 Å². The third-order valence-electron chi connectivity index (χ3n) is 2.76. The number of amides is 1. The lowest BCUT2D eigenvalue weighted by Crippen LogP contribution is -2.55. The normalized spacial score (nSPS) is 18.3. The molecule has 1 aliphatic rings. The average Bonchev–Trinajstić information content (AvgIpc) is 2.11. The van der Waals surface area contributed by atoms with Crippen LogP contribution in [0.2, 0.25) is 0 Å². The minimum Gasteiger partial charge on any atom is -0.444 e. The smallest absolute Gasteiger partial charge is 0.407 e. The molecule has 0 spiro atoms. The van der Waals surface area contributed by atoms with Crippen molar-refractivity contribution < 1.29 is 14.3 Å². The van der Waals surface area contributed by atoms with Gasteiger partial charge in [-0.1, -0.05) is 13.8 Å². The van der Waals surface area contributed by atoms with Gasteiger partial charge in [-0.3, -0.25) is 0 Å². The summed E-state index contributed by atoms with van der Waals surface area (Å²) in [6.07, 6.45) is -0.361. The fourth-order valence-corrected chi connectivity index (χ4v) is 1.63. The third-order valence-corrected chi connectivity index (χ3v) is 2.76. The number of carbonyl (C=O) groups is 1. The van der Waals surface area contributed by atoms with Gasteiger partial charge in [-0.05, 0) is 26.7 Å². The van der Waals surface area contributed by atoms with E-state index in [-0.39, 0.29) is 12.1 Å². The van der Waals surface area contributed by atoms with Crippen LogP contribution in [0.15, 0.2) is 0 Å². The number of alkyl carbamates (subject to hydrolysis) is 1. The van der Waals surface area contributed by atoms with Crippen LogP contribution in [0.1, 0.15) is 34.6 Å². The number of rotatable bonds is 5. The molecule has 1 atom stereocenters. The molecule has 2 N–H and O–H groups in total. The molecular formula is C13H26N2O3. The molecule has 1 fully saturated rings. The zero-order chi connectivity index (χ0) is 13.8. The monoisotopic (exact) mass is 258 g/mol. The SMILES string of the molecule is CC(C)C(CNC(=O)OC(C)(C)C)NC1COC1. The first-order chi connectivity index (χ1) is 8.28. The topological polar surface area (TPSA) is 59.6 Å². The fraction of sp³-hybridized carbons (Fsp3) is 0.923. The summed E-state index contributed by atoms with van der Waals surface area (Å²) in [6, 6.07) is 0.657. The molecule has 5 nitrogen and oxygen atoms in total. The standard InChI is InChI=1S/C13H26N2O3/c1-9(2)11(15-10-7-17-8-10)6-14-12(16)18-13(3,4)5/h9-11,15H,6-8H2,1-5H3,(H,14,16). The summed E-state index contributed by atoms with van der Waals surface area (Å²) in [5.41, 5.74) is -0.452. The Morgan fingerprint density at radius 3 is 2.39 bits per heavy atom. The molecule has 0 radical (unpaired) electrons. The van der Waals surface area contributed by atoms with Gasteiger partial charge in [-0.25, -0.2) is 4.79 Å². The molecule has 1 unspecified atom stereocenters. The van der Waals surface area contributed by atoms with Crippen molar-refractivity contribution >= 4 is 6.09 Å². The van der Waals surface area contributed by atoms with Gasteiger partial charge in [-0.2, -0.15) is 0 Å². The second-order valence-corrected chi connectivity index (χ2v) is 6.13. The molecule has 1 heterocycles. The summed E-state index contributed by atoms with van der Waals surface area (Å²) in [7, 11) is 0. The highest BCUT2D eigenvalue weighted by Crippen LogP contribution is 2.09. The number of nitrogens with one attached hydrogen (secondary N) is 2. The van der Waals surface area contributed by atoms with Crippen LogP contribution < -0.4 is 10.6 Å². The lowest BCUT2D eigenvalue weighted by Gasteiger charge is -2.33. The van der Waals surface area contributed by atoms with Crippen LogP contribution in [0.3, 0.4) is 0 Å². The minimum absolute atomic E-state index is 0.242. The lowest BCUT2D eigenvalue weighted by molar-refractivity contribution is -0.0125. The first-order valence-electron chi connectivity index (χ1n) is 6.58. The van der Waals surface area contributed by atoms with Gasteiger partial charge in [0, 0.05) is 12.6 Å². The van der Waals surface area contributed by atoms with Crippen LogP contribution in [-0.2, 0) is 9.47 Å². The summed E-state index contributed by atoms with van der Waals surface area (Å²) in [5.74, 6) is 0.445. The molecule has 0 bridgehead atoms. The van der Waals surface area contributed by atoms with Gasteiger partial charge in [0.2, 0.25) is 0 Å². The quantitative estimate of drug-likeness (QED) is 0.785. The molecule has 0 saturated carbocycles. The Morgan fingerprint density at radius 1 is 1.39 bits per heavy atom. The van der Waals surface area contributed by atoms with Crippen molar-refractivity contribution in [2.75, 3.05) is 19.8 Å². The van der Waals surface area contributed by atoms with Crippen LogP contribution in [0, 0.1) is 5.92 Å². The first-order valence-corrected chi connectivity index (χ1v) is 6.58. The van der Waals surface area contributed by atoms with Crippen LogP contribution in [0.25, 0.3) is 0 Å². The van der Waals surface area contributed by atoms with Crippen LogP contribution in [0.5, 0.6) is 0 Å². The maximum absolute atomic E-state index is 11.6.